The van der Waals surface area contributed by atoms with Gasteiger partial charge in [-0.25, -0.2) is 0 Å². The van der Waals surface area contributed by atoms with Gasteiger partial charge in [0.25, 0.3) is 0 Å². The molecule has 2 saturated heterocycles. The third kappa shape index (κ3) is 2.11. The molecular formula is C13H20N2O3. The molecule has 0 radical (unpaired) electrons. The Morgan fingerprint density at radius 3 is 2.78 bits per heavy atom. The van der Waals surface area contributed by atoms with Crippen LogP contribution in [0.2, 0.25) is 0 Å². The Bertz CT molecular complexity index is 367. The lowest BCUT2D eigenvalue weighted by atomic mass is 10.0. The van der Waals surface area contributed by atoms with Crippen LogP contribution in [-0.4, -0.2) is 48.1 Å². The van der Waals surface area contributed by atoms with Crippen molar-refractivity contribution in [2.75, 3.05) is 13.2 Å². The number of hydrogen-bond acceptors (Lipinski definition) is 3. The number of carbonyl (C=O) groups excluding carboxylic acids is 2. The highest BCUT2D eigenvalue weighted by Gasteiger charge is 2.45. The van der Waals surface area contributed by atoms with E-state index in [1.54, 1.807) is 6.92 Å². The fourth-order valence-corrected chi connectivity index (χ4v) is 3.09. The van der Waals surface area contributed by atoms with Gasteiger partial charge in [-0.15, -0.1) is 0 Å². The second kappa shape index (κ2) is 4.53. The quantitative estimate of drug-likeness (QED) is 0.768. The number of nitrogens with one attached hydrogen (secondary N) is 1. The minimum atomic E-state index is -0.402. The highest BCUT2D eigenvalue weighted by molar-refractivity contribution is 5.89. The monoisotopic (exact) mass is 252 g/mol. The summed E-state index contributed by atoms with van der Waals surface area (Å²) < 4.78 is 5.79. The maximum absolute atomic E-state index is 12.3. The molecule has 1 saturated carbocycles. The van der Waals surface area contributed by atoms with Crippen LogP contribution in [0.15, 0.2) is 0 Å². The van der Waals surface area contributed by atoms with Crippen LogP contribution < -0.4 is 5.32 Å². The van der Waals surface area contributed by atoms with E-state index in [4.69, 9.17) is 4.74 Å². The summed E-state index contributed by atoms with van der Waals surface area (Å²) in [5, 5.41) is 2.73. The summed E-state index contributed by atoms with van der Waals surface area (Å²) in [6.07, 6.45) is 3.96. The summed E-state index contributed by atoms with van der Waals surface area (Å²) in [6.45, 7) is 3.04. The summed E-state index contributed by atoms with van der Waals surface area (Å²) in [6, 6.07) is -0.222. The zero-order valence-corrected chi connectivity index (χ0v) is 10.7. The Balaban J connectivity index is 1.76. The van der Waals surface area contributed by atoms with E-state index in [2.05, 4.69) is 5.32 Å². The average Bonchev–Trinajstić information content (AvgIpc) is 3.09. The molecule has 0 aromatic heterocycles. The molecule has 5 heteroatoms. The van der Waals surface area contributed by atoms with Crippen LogP contribution in [0, 0.1) is 5.92 Å². The molecule has 2 heterocycles. The first-order chi connectivity index (χ1) is 8.66. The highest BCUT2D eigenvalue weighted by atomic mass is 16.5. The van der Waals surface area contributed by atoms with Crippen LogP contribution in [0.3, 0.4) is 0 Å². The van der Waals surface area contributed by atoms with E-state index < -0.39 is 6.04 Å². The fourth-order valence-electron chi connectivity index (χ4n) is 3.09. The lowest BCUT2D eigenvalue weighted by Crippen LogP contribution is -2.50. The Morgan fingerprint density at radius 2 is 2.06 bits per heavy atom. The van der Waals surface area contributed by atoms with Crippen LogP contribution >= 0.6 is 0 Å². The van der Waals surface area contributed by atoms with Gasteiger partial charge in [-0.2, -0.15) is 0 Å². The molecule has 3 rings (SSSR count). The van der Waals surface area contributed by atoms with Gasteiger partial charge in [-0.1, -0.05) is 0 Å². The number of carbonyl (C=O) groups is 2. The van der Waals surface area contributed by atoms with E-state index in [1.807, 2.05) is 4.90 Å². The molecule has 0 aromatic carbocycles. The smallest absolute Gasteiger partial charge is 0.245 e. The number of ether oxygens (including phenoxy) is 1. The first-order valence-electron chi connectivity index (χ1n) is 6.88. The molecule has 3 unspecified atom stereocenters. The number of hydrogen-bond donors (Lipinski definition) is 1. The second-order valence-electron chi connectivity index (χ2n) is 5.60. The van der Waals surface area contributed by atoms with E-state index >= 15 is 0 Å². The van der Waals surface area contributed by atoms with Gasteiger partial charge in [0.05, 0.1) is 12.1 Å². The second-order valence-corrected chi connectivity index (χ2v) is 5.60. The highest BCUT2D eigenvalue weighted by Crippen LogP contribution is 2.40. The number of amides is 2. The molecule has 0 spiro atoms. The van der Waals surface area contributed by atoms with Gasteiger partial charge in [0.1, 0.15) is 6.04 Å². The molecule has 3 atom stereocenters. The van der Waals surface area contributed by atoms with Crippen LogP contribution in [0.1, 0.15) is 32.6 Å². The van der Waals surface area contributed by atoms with Crippen molar-refractivity contribution in [3.8, 4) is 0 Å². The van der Waals surface area contributed by atoms with Crippen LogP contribution in [0.5, 0.6) is 0 Å². The predicted molar refractivity (Wildman–Crippen MR) is 64.8 cm³/mol. The van der Waals surface area contributed by atoms with Crippen molar-refractivity contribution in [2.45, 2.75) is 50.8 Å². The van der Waals surface area contributed by atoms with Crippen molar-refractivity contribution in [2.24, 2.45) is 5.92 Å². The van der Waals surface area contributed by atoms with Crippen LogP contribution in [0.25, 0.3) is 0 Å². The van der Waals surface area contributed by atoms with Crippen LogP contribution in [-0.2, 0) is 14.3 Å². The van der Waals surface area contributed by atoms with Gasteiger partial charge in [0, 0.05) is 19.6 Å². The van der Waals surface area contributed by atoms with Crippen molar-refractivity contribution in [3.63, 3.8) is 0 Å². The van der Waals surface area contributed by atoms with Gasteiger partial charge in [0.15, 0.2) is 0 Å². The largest absolute Gasteiger partial charge is 0.376 e. The molecule has 0 bridgehead atoms. The van der Waals surface area contributed by atoms with Crippen molar-refractivity contribution in [1.29, 1.82) is 0 Å². The first kappa shape index (κ1) is 12.0. The zero-order chi connectivity index (χ0) is 12.7. The maximum Gasteiger partial charge on any atom is 0.245 e. The molecule has 1 N–H and O–H groups in total. The molecule has 0 aromatic rings. The summed E-state index contributed by atoms with van der Waals surface area (Å²) in [5.41, 5.74) is 0. The van der Waals surface area contributed by atoms with Crippen molar-refractivity contribution in [1.82, 2.24) is 10.2 Å². The third-order valence-electron chi connectivity index (χ3n) is 4.20. The Labute approximate surface area is 107 Å². The number of nitrogens with zero attached hydrogens (tertiary/aromatic N) is 1. The normalized spacial score (nSPS) is 37.6. The standard InChI is InChI=1S/C13H20N2O3/c1-8-13(17)15(6-4-11(16)14-8)10-5-7-18-12(10)9-2-3-9/h8-10,12H,2-7H2,1H3,(H,14,16). The molecular weight excluding hydrogens is 232 g/mol. The molecule has 18 heavy (non-hydrogen) atoms. The van der Waals surface area contributed by atoms with Gasteiger partial charge in [-0.3, -0.25) is 9.59 Å². The molecule has 3 aliphatic rings. The molecule has 5 nitrogen and oxygen atoms in total. The first-order valence-corrected chi connectivity index (χ1v) is 6.88. The van der Waals surface area contributed by atoms with Crippen molar-refractivity contribution in [3.05, 3.63) is 0 Å². The van der Waals surface area contributed by atoms with E-state index in [0.29, 0.717) is 18.9 Å². The average molecular weight is 252 g/mol. The predicted octanol–water partition coefficient (Wildman–Crippen LogP) is 0.291. The summed E-state index contributed by atoms with van der Waals surface area (Å²) in [7, 11) is 0. The topological polar surface area (TPSA) is 58.6 Å². The van der Waals surface area contributed by atoms with Crippen LogP contribution in [0.4, 0.5) is 0 Å². The lowest BCUT2D eigenvalue weighted by molar-refractivity contribution is -0.136. The molecule has 1 aliphatic carbocycles. The lowest BCUT2D eigenvalue weighted by Gasteiger charge is -2.32. The van der Waals surface area contributed by atoms with E-state index in [-0.39, 0.29) is 24.0 Å². The third-order valence-corrected chi connectivity index (χ3v) is 4.20. The molecule has 100 valence electrons. The summed E-state index contributed by atoms with van der Waals surface area (Å²) in [4.78, 5) is 25.7. The van der Waals surface area contributed by atoms with Gasteiger partial charge in [0.2, 0.25) is 11.8 Å². The van der Waals surface area contributed by atoms with Crippen molar-refractivity contribution < 1.29 is 14.3 Å². The zero-order valence-electron chi connectivity index (χ0n) is 10.7. The molecule has 2 aliphatic heterocycles. The minimum Gasteiger partial charge on any atom is -0.376 e. The molecule has 2 amide bonds. The Kier molecular flexibility index (Phi) is 3.01. The maximum atomic E-state index is 12.3. The van der Waals surface area contributed by atoms with Crippen molar-refractivity contribution >= 4 is 11.8 Å². The Morgan fingerprint density at radius 1 is 1.28 bits per heavy atom. The van der Waals surface area contributed by atoms with E-state index in [1.165, 1.54) is 12.8 Å². The summed E-state index contributed by atoms with van der Waals surface area (Å²) >= 11 is 0. The SMILES string of the molecule is CC1NC(=O)CCN(C2CCOC2C2CC2)C1=O. The minimum absolute atomic E-state index is 0.0276. The summed E-state index contributed by atoms with van der Waals surface area (Å²) in [5.74, 6) is 0.648. The van der Waals surface area contributed by atoms with E-state index in [9.17, 15) is 9.59 Å². The van der Waals surface area contributed by atoms with Gasteiger partial charge < -0.3 is 15.0 Å². The Hall–Kier alpha value is -1.10. The van der Waals surface area contributed by atoms with Gasteiger partial charge >= 0.3 is 0 Å². The molecule has 3 fully saturated rings. The van der Waals surface area contributed by atoms with Gasteiger partial charge in [-0.05, 0) is 32.1 Å². The van der Waals surface area contributed by atoms with E-state index in [0.717, 1.165) is 13.0 Å². The number of rotatable bonds is 2. The fraction of sp³-hybridized carbons (Fsp3) is 0.846.